The van der Waals surface area contributed by atoms with Crippen molar-refractivity contribution in [3.05, 3.63) is 100 Å². The number of carbonyl (C=O) groups excluding carboxylic acids is 1. The zero-order valence-electron chi connectivity index (χ0n) is 21.8. The molecule has 1 heterocycles. The van der Waals surface area contributed by atoms with Gasteiger partial charge in [0.1, 0.15) is 11.6 Å². The number of hydrogen-bond donors (Lipinski definition) is 0. The van der Waals surface area contributed by atoms with Gasteiger partial charge in [0.05, 0.1) is 22.6 Å². The summed E-state index contributed by atoms with van der Waals surface area (Å²) in [5.74, 6) is 0.930. The van der Waals surface area contributed by atoms with E-state index in [1.807, 2.05) is 87.5 Å². The first-order valence-electron chi connectivity index (χ1n) is 12.5. The number of fused-ring (bicyclic) bond motifs is 1. The molecule has 0 fully saturated rings. The van der Waals surface area contributed by atoms with Crippen LogP contribution in [0.4, 0.5) is 0 Å². The molecular weight excluding hydrogens is 466 g/mol. The van der Waals surface area contributed by atoms with Gasteiger partial charge >= 0.3 is 0 Å². The topological polar surface area (TPSA) is 73.7 Å². The molecule has 0 N–H and O–H groups in total. The molecule has 0 radical (unpaired) electrons. The quantitative estimate of drug-likeness (QED) is 0.287. The Morgan fingerprint density at radius 3 is 2.49 bits per heavy atom. The van der Waals surface area contributed by atoms with Crippen LogP contribution in [-0.2, 0) is 9.53 Å². The van der Waals surface area contributed by atoms with Crippen LogP contribution < -0.4 is 10.3 Å². The third-order valence-corrected chi connectivity index (χ3v) is 6.41. The summed E-state index contributed by atoms with van der Waals surface area (Å²) < 4.78 is 12.7. The van der Waals surface area contributed by atoms with Gasteiger partial charge in [0.25, 0.3) is 11.5 Å². The summed E-state index contributed by atoms with van der Waals surface area (Å²) in [6, 6.07) is 22.0. The molecule has 7 nitrogen and oxygen atoms in total. The summed E-state index contributed by atoms with van der Waals surface area (Å²) in [7, 11) is 1.64. The Kier molecular flexibility index (Phi) is 8.36. The Morgan fingerprint density at radius 1 is 1.03 bits per heavy atom. The summed E-state index contributed by atoms with van der Waals surface area (Å²) in [4.78, 5) is 34.0. The molecule has 0 saturated heterocycles. The van der Waals surface area contributed by atoms with Gasteiger partial charge in [0.15, 0.2) is 6.61 Å². The highest BCUT2D eigenvalue weighted by Gasteiger charge is 2.27. The van der Waals surface area contributed by atoms with Crippen LogP contribution in [0.15, 0.2) is 77.6 Å². The molecule has 1 aromatic heterocycles. The molecule has 3 aromatic carbocycles. The van der Waals surface area contributed by atoms with E-state index in [1.54, 1.807) is 22.6 Å². The summed E-state index contributed by atoms with van der Waals surface area (Å²) in [6.45, 7) is 6.72. The number of rotatable bonds is 10. The van der Waals surface area contributed by atoms with Crippen molar-refractivity contribution in [3.63, 3.8) is 0 Å². The average Bonchev–Trinajstić information content (AvgIpc) is 2.90. The van der Waals surface area contributed by atoms with E-state index in [0.29, 0.717) is 42.0 Å². The Morgan fingerprint density at radius 2 is 1.76 bits per heavy atom. The van der Waals surface area contributed by atoms with E-state index in [2.05, 4.69) is 0 Å². The molecule has 0 saturated carbocycles. The minimum atomic E-state index is -0.498. The SMILES string of the molecule is COCCCN(C(=O)COc1ccccc1)C(C)c1nc2ccccc2c(=O)n1-c1ccc(C)cc1C. The number of methoxy groups -OCH3 is 1. The lowest BCUT2D eigenvalue weighted by Gasteiger charge is -2.31. The number of benzene rings is 3. The van der Waals surface area contributed by atoms with Crippen LogP contribution >= 0.6 is 0 Å². The monoisotopic (exact) mass is 499 g/mol. The van der Waals surface area contributed by atoms with Crippen LogP contribution in [0.5, 0.6) is 5.75 Å². The Bertz CT molecular complexity index is 1430. The molecule has 0 aliphatic carbocycles. The van der Waals surface area contributed by atoms with Gasteiger partial charge in [-0.2, -0.15) is 0 Å². The molecule has 0 bridgehead atoms. The van der Waals surface area contributed by atoms with E-state index in [4.69, 9.17) is 14.5 Å². The van der Waals surface area contributed by atoms with Crippen LogP contribution in [0.3, 0.4) is 0 Å². The molecule has 4 aromatic rings. The van der Waals surface area contributed by atoms with Crippen molar-refractivity contribution >= 4 is 16.8 Å². The third-order valence-electron chi connectivity index (χ3n) is 6.41. The van der Waals surface area contributed by atoms with Crippen LogP contribution in [0.2, 0.25) is 0 Å². The first-order valence-corrected chi connectivity index (χ1v) is 12.5. The van der Waals surface area contributed by atoms with Gasteiger partial charge in [-0.1, -0.05) is 48.0 Å². The number of amides is 1. The lowest BCUT2D eigenvalue weighted by molar-refractivity contribution is -0.136. The second-order valence-electron chi connectivity index (χ2n) is 9.13. The van der Waals surface area contributed by atoms with Crippen molar-refractivity contribution in [1.82, 2.24) is 14.5 Å². The zero-order valence-corrected chi connectivity index (χ0v) is 21.8. The van der Waals surface area contributed by atoms with Crippen molar-refractivity contribution in [2.75, 3.05) is 26.9 Å². The minimum Gasteiger partial charge on any atom is -0.484 e. The Hall–Kier alpha value is -3.97. The lowest BCUT2D eigenvalue weighted by Crippen LogP contribution is -2.40. The van der Waals surface area contributed by atoms with E-state index >= 15 is 0 Å². The summed E-state index contributed by atoms with van der Waals surface area (Å²) in [5, 5.41) is 0.531. The molecule has 0 spiro atoms. The van der Waals surface area contributed by atoms with Crippen molar-refractivity contribution < 1.29 is 14.3 Å². The highest BCUT2D eigenvalue weighted by molar-refractivity contribution is 5.79. The second kappa shape index (κ2) is 11.8. The third kappa shape index (κ3) is 5.89. The molecule has 0 aliphatic rings. The van der Waals surface area contributed by atoms with Crippen LogP contribution in [0.1, 0.15) is 36.3 Å². The molecule has 1 atom stereocenters. The first kappa shape index (κ1) is 26.1. The average molecular weight is 500 g/mol. The van der Waals surface area contributed by atoms with Crippen molar-refractivity contribution in [2.24, 2.45) is 0 Å². The number of aromatic nitrogens is 2. The largest absolute Gasteiger partial charge is 0.484 e. The molecule has 37 heavy (non-hydrogen) atoms. The van der Waals surface area contributed by atoms with Crippen molar-refractivity contribution in [1.29, 1.82) is 0 Å². The van der Waals surface area contributed by atoms with Gasteiger partial charge < -0.3 is 14.4 Å². The predicted molar refractivity (Wildman–Crippen MR) is 145 cm³/mol. The van der Waals surface area contributed by atoms with E-state index in [1.165, 1.54) is 0 Å². The van der Waals surface area contributed by atoms with Crippen molar-refractivity contribution in [2.45, 2.75) is 33.2 Å². The molecule has 1 amide bonds. The molecule has 0 aliphatic heterocycles. The van der Waals surface area contributed by atoms with Crippen LogP contribution in [0.25, 0.3) is 16.6 Å². The van der Waals surface area contributed by atoms with Crippen molar-refractivity contribution in [3.8, 4) is 11.4 Å². The number of hydrogen-bond acceptors (Lipinski definition) is 5. The van der Waals surface area contributed by atoms with Crippen LogP contribution in [-0.4, -0.2) is 47.2 Å². The van der Waals surface area contributed by atoms with Gasteiger partial charge in [0, 0.05) is 20.3 Å². The number of carbonyl (C=O) groups is 1. The predicted octanol–water partition coefficient (Wildman–Crippen LogP) is 5.01. The van der Waals surface area contributed by atoms with E-state index < -0.39 is 6.04 Å². The number of aryl methyl sites for hydroxylation is 2. The molecular formula is C30H33N3O4. The summed E-state index contributed by atoms with van der Waals surface area (Å²) in [6.07, 6.45) is 0.638. The molecule has 192 valence electrons. The van der Waals surface area contributed by atoms with Gasteiger partial charge in [-0.25, -0.2) is 4.98 Å². The summed E-state index contributed by atoms with van der Waals surface area (Å²) >= 11 is 0. The van der Waals surface area contributed by atoms with Gasteiger partial charge in [-0.3, -0.25) is 14.2 Å². The summed E-state index contributed by atoms with van der Waals surface area (Å²) in [5.41, 5.74) is 3.24. The van der Waals surface area contributed by atoms with Gasteiger partial charge in [0.2, 0.25) is 0 Å². The maximum atomic E-state index is 13.8. The van der Waals surface area contributed by atoms with E-state index in [-0.39, 0.29) is 18.1 Å². The Balaban J connectivity index is 1.79. The standard InChI is InChI=1S/C30H33N3O4/c1-21-15-16-27(22(2)19-21)33-29(31-26-14-9-8-13-25(26)30(33)35)23(3)32(17-10-18-36-4)28(34)20-37-24-11-6-5-7-12-24/h5-9,11-16,19,23H,10,17-18,20H2,1-4H3. The fourth-order valence-corrected chi connectivity index (χ4v) is 4.52. The maximum Gasteiger partial charge on any atom is 0.266 e. The second-order valence-corrected chi connectivity index (χ2v) is 9.13. The Labute approximate surface area is 217 Å². The maximum absolute atomic E-state index is 13.8. The fourth-order valence-electron chi connectivity index (χ4n) is 4.52. The minimum absolute atomic E-state index is 0.122. The highest BCUT2D eigenvalue weighted by atomic mass is 16.5. The normalized spacial score (nSPS) is 11.9. The molecule has 7 heteroatoms. The first-order chi connectivity index (χ1) is 17.9. The number of para-hydroxylation sites is 2. The molecule has 4 rings (SSSR count). The van der Waals surface area contributed by atoms with Crippen LogP contribution in [0, 0.1) is 13.8 Å². The fraction of sp³-hybridized carbons (Fsp3) is 0.300. The number of nitrogens with zero attached hydrogens (tertiary/aromatic N) is 3. The highest BCUT2D eigenvalue weighted by Crippen LogP contribution is 2.25. The number of ether oxygens (including phenoxy) is 2. The van der Waals surface area contributed by atoms with E-state index in [0.717, 1.165) is 16.8 Å². The van der Waals surface area contributed by atoms with E-state index in [9.17, 15) is 9.59 Å². The van der Waals surface area contributed by atoms with Gasteiger partial charge in [-0.05, 0) is 63.1 Å². The zero-order chi connectivity index (χ0) is 26.4. The lowest BCUT2D eigenvalue weighted by atomic mass is 10.1. The van der Waals surface area contributed by atoms with Gasteiger partial charge in [-0.15, -0.1) is 0 Å². The smallest absolute Gasteiger partial charge is 0.266 e. The molecule has 1 unspecified atom stereocenters.